The first-order chi connectivity index (χ1) is 14.4. The molecule has 2 heterocycles. The Morgan fingerprint density at radius 2 is 1.81 bits per heavy atom. The zero-order valence-corrected chi connectivity index (χ0v) is 22.8. The van der Waals surface area contributed by atoms with E-state index in [1.807, 2.05) is 32.9 Å². The first-order valence-electron chi connectivity index (χ1n) is 11.6. The molecule has 8 heteroatoms. The Balaban J connectivity index is 2.54. The van der Waals surface area contributed by atoms with Crippen LogP contribution in [-0.4, -0.2) is 61.5 Å². The third-order valence-corrected chi connectivity index (χ3v) is 10.9. The van der Waals surface area contributed by atoms with E-state index in [1.165, 1.54) is 4.90 Å². The van der Waals surface area contributed by atoms with Crippen LogP contribution in [0.4, 0.5) is 4.79 Å². The maximum Gasteiger partial charge on any atom is 0.417 e. The zero-order valence-electron chi connectivity index (χ0n) is 21.8. The van der Waals surface area contributed by atoms with E-state index in [4.69, 9.17) is 18.6 Å². The van der Waals surface area contributed by atoms with Crippen LogP contribution in [0, 0.1) is 5.92 Å². The molecule has 2 rings (SSSR count). The summed E-state index contributed by atoms with van der Waals surface area (Å²) in [7, 11) is -2.28. The van der Waals surface area contributed by atoms with Crippen LogP contribution in [-0.2, 0) is 23.4 Å². The van der Waals surface area contributed by atoms with Crippen molar-refractivity contribution in [1.29, 1.82) is 0 Å². The van der Waals surface area contributed by atoms with Gasteiger partial charge in [-0.25, -0.2) is 9.69 Å². The van der Waals surface area contributed by atoms with Gasteiger partial charge in [-0.05, 0) is 59.7 Å². The fourth-order valence-corrected chi connectivity index (χ4v) is 5.22. The number of rotatable bonds is 5. The zero-order chi connectivity index (χ0) is 24.7. The van der Waals surface area contributed by atoms with Gasteiger partial charge >= 0.3 is 6.09 Å². The summed E-state index contributed by atoms with van der Waals surface area (Å²) >= 11 is 0. The molecule has 2 saturated heterocycles. The maximum absolute atomic E-state index is 13.2. The number of nitrogens with zero attached hydrogens (tertiary/aromatic N) is 1. The highest BCUT2D eigenvalue weighted by atomic mass is 28.4. The highest BCUT2D eigenvalue weighted by Gasteiger charge is 2.55. The molecular formula is C24H43NO6Si. The van der Waals surface area contributed by atoms with Gasteiger partial charge in [-0.1, -0.05) is 32.9 Å². The monoisotopic (exact) mass is 469 g/mol. The predicted octanol–water partition coefficient (Wildman–Crippen LogP) is 5.26. The van der Waals surface area contributed by atoms with Gasteiger partial charge in [0.05, 0.1) is 18.8 Å². The van der Waals surface area contributed by atoms with Crippen LogP contribution in [0.2, 0.25) is 18.1 Å². The fraction of sp³-hybridized carbons (Fsp3) is 0.833. The Morgan fingerprint density at radius 1 is 1.22 bits per heavy atom. The number of hydrogen-bond donors (Lipinski definition) is 0. The molecule has 0 spiro atoms. The van der Waals surface area contributed by atoms with Crippen molar-refractivity contribution in [3.05, 3.63) is 12.2 Å². The molecule has 0 aromatic carbocycles. The predicted molar refractivity (Wildman–Crippen MR) is 127 cm³/mol. The fourth-order valence-electron chi connectivity index (χ4n) is 3.89. The molecule has 184 valence electrons. The second-order valence-electron chi connectivity index (χ2n) is 11.8. The standard InChI is InChI=1S/C24H43NO6Si/c1-12-13-16-14-18(26)25(21(27)30-22(2,3)4)19(16)20(17-15-28-24(8,9)29-17)31-32(10,11)23(5,6)7/h12-13,16-17,19-20H,14-15H2,1-11H3/t16-,17-,19-,20-/m1/s1. The van der Waals surface area contributed by atoms with Crippen molar-refractivity contribution < 1.29 is 28.2 Å². The van der Waals surface area contributed by atoms with Crippen LogP contribution < -0.4 is 0 Å². The van der Waals surface area contributed by atoms with Crippen LogP contribution >= 0.6 is 0 Å². The third-order valence-electron chi connectivity index (χ3n) is 6.42. The first-order valence-corrected chi connectivity index (χ1v) is 14.5. The first kappa shape index (κ1) is 27.0. The molecule has 0 aromatic heterocycles. The Morgan fingerprint density at radius 3 is 2.25 bits per heavy atom. The number of imide groups is 1. The highest BCUT2D eigenvalue weighted by molar-refractivity contribution is 6.74. The van der Waals surface area contributed by atoms with E-state index in [2.05, 4.69) is 33.9 Å². The second-order valence-corrected chi connectivity index (χ2v) is 16.6. The molecule has 32 heavy (non-hydrogen) atoms. The molecule has 0 saturated carbocycles. The van der Waals surface area contributed by atoms with Crippen LogP contribution in [0.3, 0.4) is 0 Å². The normalized spacial score (nSPS) is 27.9. The summed E-state index contributed by atoms with van der Waals surface area (Å²) in [5.41, 5.74) is -0.717. The molecule has 0 aliphatic carbocycles. The largest absolute Gasteiger partial charge is 0.443 e. The topological polar surface area (TPSA) is 74.3 Å². The van der Waals surface area contributed by atoms with Gasteiger partial charge in [-0.2, -0.15) is 0 Å². The van der Waals surface area contributed by atoms with Gasteiger partial charge in [0, 0.05) is 12.3 Å². The lowest BCUT2D eigenvalue weighted by Crippen LogP contribution is -2.58. The number of carbonyl (C=O) groups excluding carboxylic acids is 2. The molecule has 4 atom stereocenters. The molecule has 2 aliphatic heterocycles. The molecule has 2 fully saturated rings. The number of likely N-dealkylation sites (tertiary alicyclic amines) is 1. The van der Waals surface area contributed by atoms with E-state index in [0.717, 1.165) is 0 Å². The quantitative estimate of drug-likeness (QED) is 0.404. The molecule has 2 aliphatic rings. The van der Waals surface area contributed by atoms with Gasteiger partial charge in [0.15, 0.2) is 14.1 Å². The number of allylic oxidation sites excluding steroid dienone is 1. The van der Waals surface area contributed by atoms with E-state index in [0.29, 0.717) is 6.61 Å². The molecule has 0 aromatic rings. The summed E-state index contributed by atoms with van der Waals surface area (Å²) in [6.45, 7) is 22.2. The number of ether oxygens (including phenoxy) is 3. The van der Waals surface area contributed by atoms with Crippen molar-refractivity contribution in [2.45, 2.75) is 117 Å². The highest BCUT2D eigenvalue weighted by Crippen LogP contribution is 2.42. The summed E-state index contributed by atoms with van der Waals surface area (Å²) in [5, 5.41) is -0.0598. The number of carbonyl (C=O) groups is 2. The van der Waals surface area contributed by atoms with Crippen molar-refractivity contribution >= 4 is 20.3 Å². The minimum Gasteiger partial charge on any atom is -0.443 e. The molecule has 0 bridgehead atoms. The lowest BCUT2D eigenvalue weighted by atomic mass is 9.92. The summed E-state index contributed by atoms with van der Waals surface area (Å²) in [4.78, 5) is 27.5. The van der Waals surface area contributed by atoms with Crippen molar-refractivity contribution in [2.24, 2.45) is 5.92 Å². The van der Waals surface area contributed by atoms with Crippen LogP contribution in [0.25, 0.3) is 0 Å². The number of hydrogen-bond acceptors (Lipinski definition) is 6. The Bertz CT molecular complexity index is 734. The lowest BCUT2D eigenvalue weighted by Gasteiger charge is -2.44. The Kier molecular flexibility index (Phi) is 7.77. The van der Waals surface area contributed by atoms with Gasteiger partial charge in [0.2, 0.25) is 5.91 Å². The summed E-state index contributed by atoms with van der Waals surface area (Å²) in [6.07, 6.45) is 2.55. The third kappa shape index (κ3) is 6.21. The second kappa shape index (κ2) is 9.20. The van der Waals surface area contributed by atoms with E-state index in [1.54, 1.807) is 20.8 Å². The van der Waals surface area contributed by atoms with E-state index < -0.39 is 44.0 Å². The molecule has 0 radical (unpaired) electrons. The molecule has 0 unspecified atom stereocenters. The van der Waals surface area contributed by atoms with Gasteiger partial charge < -0.3 is 18.6 Å². The van der Waals surface area contributed by atoms with E-state index in [-0.39, 0.29) is 23.3 Å². The van der Waals surface area contributed by atoms with Gasteiger partial charge in [0.25, 0.3) is 0 Å². The minimum absolute atomic E-state index is 0.0598. The Labute approximate surface area is 194 Å². The van der Waals surface area contributed by atoms with Gasteiger partial charge in [-0.3, -0.25) is 4.79 Å². The Hall–Kier alpha value is -1.22. The summed E-state index contributed by atoms with van der Waals surface area (Å²) in [5.74, 6) is -1.20. The summed E-state index contributed by atoms with van der Waals surface area (Å²) in [6, 6.07) is -0.537. The molecule has 2 amide bonds. The smallest absolute Gasteiger partial charge is 0.417 e. The minimum atomic E-state index is -2.28. The van der Waals surface area contributed by atoms with Crippen molar-refractivity contribution in [3.63, 3.8) is 0 Å². The average molecular weight is 470 g/mol. The maximum atomic E-state index is 13.2. The molecule has 7 nitrogen and oxygen atoms in total. The van der Waals surface area contributed by atoms with Crippen molar-refractivity contribution in [2.75, 3.05) is 6.61 Å². The SMILES string of the molecule is CC=C[C@@H]1CC(=O)N(C(=O)OC(C)(C)C)[C@H]1[C@H](O[Si](C)(C)C(C)(C)C)[C@H]1COC(C)(C)O1. The molecular weight excluding hydrogens is 426 g/mol. The van der Waals surface area contributed by atoms with Crippen molar-refractivity contribution in [3.8, 4) is 0 Å². The summed E-state index contributed by atoms with van der Waals surface area (Å²) < 4.78 is 24.6. The molecule has 0 N–H and O–H groups in total. The van der Waals surface area contributed by atoms with Gasteiger partial charge in [-0.15, -0.1) is 0 Å². The van der Waals surface area contributed by atoms with Crippen LogP contribution in [0.15, 0.2) is 12.2 Å². The van der Waals surface area contributed by atoms with Crippen molar-refractivity contribution in [1.82, 2.24) is 4.90 Å². The van der Waals surface area contributed by atoms with E-state index in [9.17, 15) is 9.59 Å². The van der Waals surface area contributed by atoms with Crippen LogP contribution in [0.5, 0.6) is 0 Å². The average Bonchev–Trinajstić information content (AvgIpc) is 3.09. The lowest BCUT2D eigenvalue weighted by molar-refractivity contribution is -0.155. The van der Waals surface area contributed by atoms with Crippen LogP contribution in [0.1, 0.15) is 68.7 Å². The number of amides is 2. The van der Waals surface area contributed by atoms with Gasteiger partial charge in [0.1, 0.15) is 11.7 Å². The van der Waals surface area contributed by atoms with E-state index >= 15 is 0 Å².